The quantitative estimate of drug-likeness (QED) is 0.862. The van der Waals surface area contributed by atoms with Crippen LogP contribution in [0.2, 0.25) is 5.02 Å². The standard InChI is InChI=1S/C11H13ClN2O2/c1-14(2)7-3-4-8(9(12)5-7)10-6-16-11(15)13-10/h3-5,10H,6H2,1-2H3,(H,13,15)/t10-/m1/s1. The average molecular weight is 241 g/mol. The minimum atomic E-state index is -0.391. The van der Waals surface area contributed by atoms with Crippen molar-refractivity contribution < 1.29 is 9.53 Å². The third kappa shape index (κ3) is 2.07. The highest BCUT2D eigenvalue weighted by Crippen LogP contribution is 2.29. The highest BCUT2D eigenvalue weighted by atomic mass is 35.5. The lowest BCUT2D eigenvalue weighted by Crippen LogP contribution is -2.18. The van der Waals surface area contributed by atoms with Crippen molar-refractivity contribution in [2.75, 3.05) is 25.6 Å². The number of anilines is 1. The Balaban J connectivity index is 2.26. The summed E-state index contributed by atoms with van der Waals surface area (Å²) in [4.78, 5) is 12.9. The van der Waals surface area contributed by atoms with Gasteiger partial charge in [-0.1, -0.05) is 17.7 Å². The number of carbonyl (C=O) groups excluding carboxylic acids is 1. The SMILES string of the molecule is CN(C)c1ccc([C@H]2COC(=O)N2)c(Cl)c1. The second-order valence-electron chi connectivity index (χ2n) is 3.90. The molecule has 0 aliphatic carbocycles. The molecule has 0 unspecified atom stereocenters. The van der Waals surface area contributed by atoms with Gasteiger partial charge in [0.2, 0.25) is 0 Å². The number of hydrogen-bond donors (Lipinski definition) is 1. The van der Waals surface area contributed by atoms with Gasteiger partial charge in [0.25, 0.3) is 0 Å². The van der Waals surface area contributed by atoms with E-state index in [1.807, 2.05) is 37.2 Å². The van der Waals surface area contributed by atoms with Crippen LogP contribution in [0.15, 0.2) is 18.2 Å². The van der Waals surface area contributed by atoms with E-state index in [1.54, 1.807) is 0 Å². The number of cyclic esters (lactones) is 1. The molecular weight excluding hydrogens is 228 g/mol. The first-order valence-corrected chi connectivity index (χ1v) is 5.36. The van der Waals surface area contributed by atoms with Crippen molar-refractivity contribution in [3.8, 4) is 0 Å². The predicted molar refractivity (Wildman–Crippen MR) is 63.0 cm³/mol. The van der Waals surface area contributed by atoms with Crippen LogP contribution in [0, 0.1) is 0 Å². The lowest BCUT2D eigenvalue weighted by atomic mass is 10.1. The number of nitrogens with zero attached hydrogens (tertiary/aromatic N) is 1. The highest BCUT2D eigenvalue weighted by Gasteiger charge is 2.25. The zero-order valence-corrected chi connectivity index (χ0v) is 9.91. The van der Waals surface area contributed by atoms with Crippen LogP contribution in [-0.2, 0) is 4.74 Å². The van der Waals surface area contributed by atoms with Crippen molar-refractivity contribution in [1.29, 1.82) is 0 Å². The minimum absolute atomic E-state index is 0.142. The number of halogens is 1. The van der Waals surface area contributed by atoms with Gasteiger partial charge in [0.15, 0.2) is 0 Å². The van der Waals surface area contributed by atoms with Gasteiger partial charge >= 0.3 is 6.09 Å². The number of hydrogen-bond acceptors (Lipinski definition) is 3. The molecule has 1 atom stereocenters. The maximum Gasteiger partial charge on any atom is 0.407 e. The molecule has 1 saturated heterocycles. The van der Waals surface area contributed by atoms with Crippen LogP contribution in [0.3, 0.4) is 0 Å². The molecule has 86 valence electrons. The van der Waals surface area contributed by atoms with E-state index in [4.69, 9.17) is 16.3 Å². The van der Waals surface area contributed by atoms with E-state index in [0.717, 1.165) is 11.3 Å². The molecule has 1 heterocycles. The number of amides is 1. The van der Waals surface area contributed by atoms with Gasteiger partial charge in [0.1, 0.15) is 6.61 Å². The van der Waals surface area contributed by atoms with Crippen molar-refractivity contribution in [2.45, 2.75) is 6.04 Å². The van der Waals surface area contributed by atoms with E-state index in [1.165, 1.54) is 0 Å². The Labute approximate surface area is 99.1 Å². The maximum absolute atomic E-state index is 10.9. The molecule has 1 aromatic carbocycles. The van der Waals surface area contributed by atoms with Crippen LogP contribution >= 0.6 is 11.6 Å². The van der Waals surface area contributed by atoms with E-state index >= 15 is 0 Å². The first-order chi connectivity index (χ1) is 7.58. The molecule has 0 radical (unpaired) electrons. The molecular formula is C11H13ClN2O2. The first kappa shape index (κ1) is 11.1. The number of alkyl carbamates (subject to hydrolysis) is 1. The fourth-order valence-electron chi connectivity index (χ4n) is 1.63. The number of rotatable bonds is 2. The number of benzene rings is 1. The van der Waals surface area contributed by atoms with Gasteiger partial charge in [0.05, 0.1) is 6.04 Å². The molecule has 1 fully saturated rings. The molecule has 0 aromatic heterocycles. The predicted octanol–water partition coefficient (Wildman–Crippen LogP) is 2.19. The lowest BCUT2D eigenvalue weighted by Gasteiger charge is -2.16. The van der Waals surface area contributed by atoms with Gasteiger partial charge < -0.3 is 15.0 Å². The molecule has 4 nitrogen and oxygen atoms in total. The summed E-state index contributed by atoms with van der Waals surface area (Å²) >= 11 is 6.17. The van der Waals surface area contributed by atoms with Gasteiger partial charge in [-0.3, -0.25) is 0 Å². The Morgan fingerprint density at radius 3 is 2.75 bits per heavy atom. The summed E-state index contributed by atoms with van der Waals surface area (Å²) in [5.41, 5.74) is 1.91. The molecule has 5 heteroatoms. The molecule has 1 aliphatic rings. The molecule has 0 bridgehead atoms. The van der Waals surface area contributed by atoms with Gasteiger partial charge in [-0.2, -0.15) is 0 Å². The molecule has 2 rings (SSSR count). The highest BCUT2D eigenvalue weighted by molar-refractivity contribution is 6.31. The third-order valence-corrected chi connectivity index (χ3v) is 2.88. The normalized spacial score (nSPS) is 19.2. The van der Waals surface area contributed by atoms with E-state index in [0.29, 0.717) is 11.6 Å². The summed E-state index contributed by atoms with van der Waals surface area (Å²) in [5, 5.41) is 3.34. The van der Waals surface area contributed by atoms with Crippen LogP contribution in [0.4, 0.5) is 10.5 Å². The van der Waals surface area contributed by atoms with E-state index in [2.05, 4.69) is 5.32 Å². The summed E-state index contributed by atoms with van der Waals surface area (Å²) in [6, 6.07) is 5.61. The molecule has 0 saturated carbocycles. The molecule has 0 spiro atoms. The Morgan fingerprint density at radius 1 is 1.50 bits per heavy atom. The fourth-order valence-corrected chi connectivity index (χ4v) is 1.94. The summed E-state index contributed by atoms with van der Waals surface area (Å²) in [6.45, 7) is 0.333. The Hall–Kier alpha value is -1.42. The molecule has 1 N–H and O–H groups in total. The zero-order valence-electron chi connectivity index (χ0n) is 9.16. The maximum atomic E-state index is 10.9. The van der Waals surface area contributed by atoms with E-state index < -0.39 is 6.09 Å². The van der Waals surface area contributed by atoms with Crippen LogP contribution in [0.1, 0.15) is 11.6 Å². The average Bonchev–Trinajstić information content (AvgIpc) is 2.64. The summed E-state index contributed by atoms with van der Waals surface area (Å²) in [7, 11) is 3.90. The summed E-state index contributed by atoms with van der Waals surface area (Å²) in [5.74, 6) is 0. The van der Waals surface area contributed by atoms with Crippen molar-refractivity contribution >= 4 is 23.4 Å². The van der Waals surface area contributed by atoms with Crippen LogP contribution in [0.25, 0.3) is 0 Å². The van der Waals surface area contributed by atoms with E-state index in [9.17, 15) is 4.79 Å². The second-order valence-corrected chi connectivity index (χ2v) is 4.30. The number of ether oxygens (including phenoxy) is 1. The smallest absolute Gasteiger partial charge is 0.407 e. The zero-order chi connectivity index (χ0) is 11.7. The second kappa shape index (κ2) is 4.22. The van der Waals surface area contributed by atoms with Gasteiger partial charge in [0, 0.05) is 24.8 Å². The summed E-state index contributed by atoms with van der Waals surface area (Å²) in [6.07, 6.45) is -0.391. The first-order valence-electron chi connectivity index (χ1n) is 4.98. The van der Waals surface area contributed by atoms with Crippen molar-refractivity contribution in [2.24, 2.45) is 0 Å². The molecule has 1 aliphatic heterocycles. The summed E-state index contributed by atoms with van der Waals surface area (Å²) < 4.78 is 4.83. The minimum Gasteiger partial charge on any atom is -0.447 e. The Kier molecular flexibility index (Phi) is 2.92. The number of carbonyl (C=O) groups is 1. The fraction of sp³-hybridized carbons (Fsp3) is 0.364. The third-order valence-electron chi connectivity index (χ3n) is 2.55. The van der Waals surface area contributed by atoms with Crippen LogP contribution in [-0.4, -0.2) is 26.8 Å². The van der Waals surface area contributed by atoms with Crippen molar-refractivity contribution in [3.63, 3.8) is 0 Å². The molecule has 1 aromatic rings. The lowest BCUT2D eigenvalue weighted by molar-refractivity contribution is 0.177. The topological polar surface area (TPSA) is 41.6 Å². The van der Waals surface area contributed by atoms with Crippen LogP contribution < -0.4 is 10.2 Å². The Bertz CT molecular complexity index is 420. The Morgan fingerprint density at radius 2 is 2.25 bits per heavy atom. The van der Waals surface area contributed by atoms with Gasteiger partial charge in [-0.05, 0) is 17.7 Å². The van der Waals surface area contributed by atoms with Gasteiger partial charge in [-0.25, -0.2) is 4.79 Å². The van der Waals surface area contributed by atoms with E-state index in [-0.39, 0.29) is 6.04 Å². The van der Waals surface area contributed by atoms with Crippen molar-refractivity contribution in [3.05, 3.63) is 28.8 Å². The van der Waals surface area contributed by atoms with Gasteiger partial charge in [-0.15, -0.1) is 0 Å². The van der Waals surface area contributed by atoms with Crippen LogP contribution in [0.5, 0.6) is 0 Å². The largest absolute Gasteiger partial charge is 0.447 e. The molecule has 16 heavy (non-hydrogen) atoms. The number of nitrogens with one attached hydrogen (secondary N) is 1. The van der Waals surface area contributed by atoms with Crippen molar-refractivity contribution in [1.82, 2.24) is 5.32 Å². The monoisotopic (exact) mass is 240 g/mol. The molecule has 1 amide bonds.